The standard InChI is InChI=1S/C22H21F3N4O3/c23-22(24,25)21(32)26-9-10-29-19(30)11-5-7-15-18-16(8-6-12(17(11)18)20(29)31)28-14-4-2-1-3-13(14)27-15/h5-8,13-14,27,31H,1-4,9-10H2,(H,26,32). The highest BCUT2D eigenvalue weighted by molar-refractivity contribution is 6.15. The predicted octanol–water partition coefficient (Wildman–Crippen LogP) is 2.61. The van der Waals surface area contributed by atoms with Crippen molar-refractivity contribution in [3.8, 4) is 5.88 Å². The van der Waals surface area contributed by atoms with Crippen LogP contribution in [0, 0.1) is 0 Å². The molecule has 168 valence electrons. The average molecular weight is 446 g/mol. The van der Waals surface area contributed by atoms with Gasteiger partial charge in [0.15, 0.2) is 0 Å². The Morgan fingerprint density at radius 2 is 1.91 bits per heavy atom. The first-order valence-electron chi connectivity index (χ1n) is 10.6. The highest BCUT2D eigenvalue weighted by Gasteiger charge is 2.38. The zero-order chi connectivity index (χ0) is 22.6. The Kier molecular flexibility index (Phi) is 4.75. The fourth-order valence-electron chi connectivity index (χ4n) is 4.86. The Morgan fingerprint density at radius 3 is 2.69 bits per heavy atom. The molecule has 3 aromatic rings. The summed E-state index contributed by atoms with van der Waals surface area (Å²) in [7, 11) is 0. The van der Waals surface area contributed by atoms with Crippen molar-refractivity contribution in [2.45, 2.75) is 50.5 Å². The van der Waals surface area contributed by atoms with Crippen LogP contribution in [-0.4, -0.2) is 40.4 Å². The third kappa shape index (κ3) is 3.25. The molecule has 0 radical (unpaired) electrons. The number of carbonyl (C=O) groups is 1. The van der Waals surface area contributed by atoms with E-state index >= 15 is 0 Å². The van der Waals surface area contributed by atoms with Gasteiger partial charge in [-0.15, -0.1) is 0 Å². The minimum absolute atomic E-state index is 0.138. The molecule has 1 saturated carbocycles. The van der Waals surface area contributed by atoms with Crippen LogP contribution < -0.4 is 21.6 Å². The molecule has 1 aromatic heterocycles. The SMILES string of the molecule is O=C(NCCn1c(O)c2ccc3c4c(ccc(c1=O)c24)NC1CCCCC1N=3)C(F)(F)F. The molecule has 5 rings (SSSR count). The molecule has 0 bridgehead atoms. The second-order valence-corrected chi connectivity index (χ2v) is 8.31. The topological polar surface area (TPSA) is 95.7 Å². The van der Waals surface area contributed by atoms with Crippen LogP contribution >= 0.6 is 0 Å². The van der Waals surface area contributed by atoms with Crippen molar-refractivity contribution in [3.63, 3.8) is 0 Å². The third-order valence-corrected chi connectivity index (χ3v) is 6.36. The van der Waals surface area contributed by atoms with Gasteiger partial charge in [-0.1, -0.05) is 12.8 Å². The lowest BCUT2D eigenvalue weighted by Gasteiger charge is -2.29. The minimum atomic E-state index is -5.01. The Bertz CT molecular complexity index is 1350. The third-order valence-electron chi connectivity index (χ3n) is 6.36. The van der Waals surface area contributed by atoms with Gasteiger partial charge < -0.3 is 15.7 Å². The molecule has 2 aliphatic rings. The number of aromatic hydroxyl groups is 1. The molecule has 10 heteroatoms. The van der Waals surface area contributed by atoms with Crippen LogP contribution in [-0.2, 0) is 11.3 Å². The molecule has 1 aliphatic heterocycles. The number of aromatic nitrogens is 1. The maximum atomic E-state index is 13.1. The Hall–Kier alpha value is -3.30. The molecule has 2 heterocycles. The number of halogens is 3. The number of amides is 1. The zero-order valence-corrected chi connectivity index (χ0v) is 17.0. The Morgan fingerprint density at radius 1 is 1.16 bits per heavy atom. The van der Waals surface area contributed by atoms with Crippen LogP contribution in [0.15, 0.2) is 34.1 Å². The lowest BCUT2D eigenvalue weighted by atomic mass is 9.91. The van der Waals surface area contributed by atoms with Crippen LogP contribution in [0.25, 0.3) is 21.5 Å². The normalized spacial score (nSPS) is 20.3. The summed E-state index contributed by atoms with van der Waals surface area (Å²) in [5.74, 6) is -2.44. The lowest BCUT2D eigenvalue weighted by Crippen LogP contribution is -2.39. The van der Waals surface area contributed by atoms with Crippen LogP contribution in [0.3, 0.4) is 0 Å². The number of carbonyl (C=O) groups excluding carboxylic acids is 1. The number of alkyl halides is 3. The van der Waals surface area contributed by atoms with Crippen molar-refractivity contribution in [2.24, 2.45) is 4.99 Å². The monoisotopic (exact) mass is 446 g/mol. The fourth-order valence-corrected chi connectivity index (χ4v) is 4.86. The number of nitrogens with zero attached hydrogens (tertiary/aromatic N) is 2. The summed E-state index contributed by atoms with van der Waals surface area (Å²) in [6.45, 7) is -0.757. The van der Waals surface area contributed by atoms with Gasteiger partial charge in [-0.05, 0) is 37.1 Å². The van der Waals surface area contributed by atoms with Gasteiger partial charge in [0.2, 0.25) is 5.88 Å². The Balaban J connectivity index is 1.62. The summed E-state index contributed by atoms with van der Waals surface area (Å²) in [6, 6.07) is 7.32. The first kappa shape index (κ1) is 20.6. The summed E-state index contributed by atoms with van der Waals surface area (Å²) >= 11 is 0. The summed E-state index contributed by atoms with van der Waals surface area (Å²) in [5.41, 5.74) is 0.312. The average Bonchev–Trinajstić information content (AvgIpc) is 2.92. The molecule has 1 aliphatic carbocycles. The van der Waals surface area contributed by atoms with Crippen molar-refractivity contribution >= 4 is 33.1 Å². The number of anilines is 1. The number of pyridine rings is 1. The van der Waals surface area contributed by atoms with E-state index in [1.807, 2.05) is 6.07 Å². The van der Waals surface area contributed by atoms with Gasteiger partial charge >= 0.3 is 12.1 Å². The van der Waals surface area contributed by atoms with Crippen LogP contribution in [0.5, 0.6) is 5.88 Å². The van der Waals surface area contributed by atoms with Crippen LogP contribution in [0.4, 0.5) is 18.9 Å². The summed E-state index contributed by atoms with van der Waals surface area (Å²) in [4.78, 5) is 29.1. The van der Waals surface area contributed by atoms with Crippen molar-refractivity contribution in [2.75, 3.05) is 11.9 Å². The van der Waals surface area contributed by atoms with E-state index in [2.05, 4.69) is 5.32 Å². The van der Waals surface area contributed by atoms with Gasteiger partial charge in [0.1, 0.15) is 0 Å². The molecule has 0 saturated heterocycles. The van der Waals surface area contributed by atoms with Gasteiger partial charge in [0.05, 0.1) is 11.4 Å². The van der Waals surface area contributed by atoms with Crippen molar-refractivity contribution in [1.29, 1.82) is 0 Å². The molecular weight excluding hydrogens is 425 g/mol. The maximum absolute atomic E-state index is 13.1. The second kappa shape index (κ2) is 7.39. The van der Waals surface area contributed by atoms with E-state index in [1.54, 1.807) is 23.5 Å². The number of nitrogens with one attached hydrogen (secondary N) is 2. The molecule has 2 aromatic carbocycles. The van der Waals surface area contributed by atoms with E-state index in [0.717, 1.165) is 46.7 Å². The fraction of sp³-hybridized carbons (Fsp3) is 0.409. The molecule has 7 nitrogen and oxygen atoms in total. The van der Waals surface area contributed by atoms with Gasteiger partial charge in [0, 0.05) is 46.4 Å². The molecule has 1 fully saturated rings. The molecule has 2 atom stereocenters. The summed E-state index contributed by atoms with van der Waals surface area (Å²) < 4.78 is 38.2. The van der Waals surface area contributed by atoms with Crippen molar-refractivity contribution in [1.82, 2.24) is 9.88 Å². The van der Waals surface area contributed by atoms with Crippen LogP contribution in [0.2, 0.25) is 0 Å². The summed E-state index contributed by atoms with van der Waals surface area (Å²) in [6.07, 6.45) is -0.786. The maximum Gasteiger partial charge on any atom is 0.471 e. The van der Waals surface area contributed by atoms with Crippen molar-refractivity contribution < 1.29 is 23.1 Å². The Labute approximate surface area is 179 Å². The number of hydrogen-bond acceptors (Lipinski definition) is 5. The largest absolute Gasteiger partial charge is 0.494 e. The second-order valence-electron chi connectivity index (χ2n) is 8.31. The van der Waals surface area contributed by atoms with E-state index in [9.17, 15) is 27.9 Å². The van der Waals surface area contributed by atoms with Gasteiger partial charge in [-0.25, -0.2) is 0 Å². The highest BCUT2D eigenvalue weighted by atomic mass is 19.4. The van der Waals surface area contributed by atoms with E-state index in [-0.39, 0.29) is 24.5 Å². The molecule has 3 N–H and O–H groups in total. The highest BCUT2D eigenvalue weighted by Crippen LogP contribution is 2.35. The van der Waals surface area contributed by atoms with Crippen LogP contribution in [0.1, 0.15) is 25.7 Å². The van der Waals surface area contributed by atoms with Gasteiger partial charge in [0.25, 0.3) is 5.56 Å². The number of fused-ring (bicyclic) bond motifs is 1. The smallest absolute Gasteiger partial charge is 0.471 e. The quantitative estimate of drug-likeness (QED) is 0.577. The number of benzene rings is 2. The van der Waals surface area contributed by atoms with E-state index in [1.165, 1.54) is 0 Å². The van der Waals surface area contributed by atoms with E-state index in [4.69, 9.17) is 4.99 Å². The van der Waals surface area contributed by atoms with E-state index in [0.29, 0.717) is 16.2 Å². The van der Waals surface area contributed by atoms with Gasteiger partial charge in [-0.2, -0.15) is 13.2 Å². The molecule has 2 unspecified atom stereocenters. The first-order chi connectivity index (χ1) is 15.3. The molecule has 32 heavy (non-hydrogen) atoms. The van der Waals surface area contributed by atoms with Crippen molar-refractivity contribution in [3.05, 3.63) is 40.0 Å². The first-order valence-corrected chi connectivity index (χ1v) is 10.6. The zero-order valence-electron chi connectivity index (χ0n) is 17.0. The minimum Gasteiger partial charge on any atom is -0.494 e. The molecule has 1 amide bonds. The molecule has 0 spiro atoms. The predicted molar refractivity (Wildman–Crippen MR) is 113 cm³/mol. The summed E-state index contributed by atoms with van der Waals surface area (Å²) in [5, 5.41) is 18.9. The lowest BCUT2D eigenvalue weighted by molar-refractivity contribution is -0.173. The molecular formula is C22H21F3N4O3. The van der Waals surface area contributed by atoms with Gasteiger partial charge in [-0.3, -0.25) is 19.1 Å². The van der Waals surface area contributed by atoms with E-state index < -0.39 is 24.2 Å². The number of hydrogen-bond donors (Lipinski definition) is 3. The number of rotatable bonds is 3.